The van der Waals surface area contributed by atoms with Crippen molar-refractivity contribution in [2.75, 3.05) is 0 Å². The molecular weight excluding hydrogens is 1070 g/mol. The van der Waals surface area contributed by atoms with Gasteiger partial charge < -0.3 is 18.5 Å². The third-order valence-corrected chi connectivity index (χ3v) is 16.3. The van der Waals surface area contributed by atoms with E-state index < -0.39 is 0 Å². The average molecular weight is 1130 g/mol. The number of nitrogens with zero attached hydrogens (tertiary/aromatic N) is 6. The topological polar surface area (TPSA) is 133 Å². The number of rotatable bonds is 7. The van der Waals surface area contributed by atoms with Gasteiger partial charge in [0.2, 0.25) is 5.28 Å². The molecule has 2 aliphatic rings. The molecule has 4 heterocycles. The summed E-state index contributed by atoms with van der Waals surface area (Å²) < 4.78 is 17.5. The Morgan fingerprint density at radius 2 is 0.741 bits per heavy atom. The van der Waals surface area contributed by atoms with Crippen molar-refractivity contribution >= 4 is 63.2 Å². The van der Waals surface area contributed by atoms with Gasteiger partial charge in [0.05, 0.1) is 0 Å². The quantitative estimate of drug-likeness (QED) is 0.154. The normalized spacial score (nSPS) is 12.9. The second-order valence-corrected chi connectivity index (χ2v) is 22.2. The highest BCUT2D eigenvalue weighted by molar-refractivity contribution is 6.28. The van der Waals surface area contributed by atoms with Gasteiger partial charge in [0.25, 0.3) is 0 Å². The van der Waals surface area contributed by atoms with Crippen LogP contribution in [0, 0.1) is 0 Å². The van der Waals surface area contributed by atoms with Crippen molar-refractivity contribution in [1.82, 2.24) is 29.9 Å². The molecule has 14 aromatic rings. The summed E-state index contributed by atoms with van der Waals surface area (Å²) in [7, 11) is 0.721. The number of para-hydroxylation sites is 2. The standard InChI is InChI=1S/C36H25N3O.C21H16BO3.C15H10ClN3.CH4/c1-36(2)27-19-20-30-32(26-15-9-10-16-29(26)40-30)31(27)25-18-17-24(21-28(25)36)35-38-33(22-11-5-3-6-12-22)37-34(39-35)23-13-7-4-8-14-23;1-21(2)15-9-10-18-20(14-5-3-4-6-17(14)24-18)19(15)13-8-7-12(25-22-23)11-16(13)21;16-15-18-13(11-7-3-1-4-8-11)17-14(19-15)12-9-5-2-6-10-12;/h3-21H,1-2H3;3-11,23H,1-2H3;1-10H;1H4. The zero-order valence-corrected chi connectivity index (χ0v) is 47.0. The van der Waals surface area contributed by atoms with Crippen molar-refractivity contribution in [2.45, 2.75) is 46.0 Å². The molecule has 0 saturated carbocycles. The lowest BCUT2D eigenvalue weighted by atomic mass is 9.81. The molecule has 4 aromatic heterocycles. The largest absolute Gasteiger partial charge is 0.569 e. The Morgan fingerprint density at radius 3 is 1.16 bits per heavy atom. The van der Waals surface area contributed by atoms with Crippen LogP contribution in [0.25, 0.3) is 123 Å². The summed E-state index contributed by atoms with van der Waals surface area (Å²) in [6.45, 7) is 9.04. The Kier molecular flexibility index (Phi) is 14.0. The Balaban J connectivity index is 0.000000128. The average Bonchev–Trinajstić information content (AvgIpc) is 1.63. The van der Waals surface area contributed by atoms with E-state index in [-0.39, 0.29) is 23.5 Å². The fraction of sp³-hybridized carbons (Fsp3) is 0.0959. The molecule has 0 spiro atoms. The van der Waals surface area contributed by atoms with E-state index in [4.69, 9.17) is 45.1 Å². The molecule has 0 unspecified atom stereocenters. The summed E-state index contributed by atoms with van der Waals surface area (Å²) in [4.78, 5) is 27.6. The molecule has 0 saturated heterocycles. The fourth-order valence-corrected chi connectivity index (χ4v) is 12.2. The van der Waals surface area contributed by atoms with Crippen LogP contribution in [0.3, 0.4) is 0 Å². The Morgan fingerprint density at radius 1 is 0.376 bits per heavy atom. The molecule has 16 rings (SSSR count). The van der Waals surface area contributed by atoms with E-state index in [9.17, 15) is 0 Å². The minimum atomic E-state index is -0.190. The number of halogens is 1. The van der Waals surface area contributed by atoms with E-state index in [1.165, 1.54) is 55.3 Å². The van der Waals surface area contributed by atoms with Crippen LogP contribution in [0.4, 0.5) is 0 Å². The summed E-state index contributed by atoms with van der Waals surface area (Å²) in [5, 5.41) is 13.8. The first kappa shape index (κ1) is 54.2. The highest BCUT2D eigenvalue weighted by Crippen LogP contribution is 2.55. The molecule has 10 nitrogen and oxygen atoms in total. The van der Waals surface area contributed by atoms with Crippen LogP contribution in [0.5, 0.6) is 5.75 Å². The molecule has 2 aliphatic carbocycles. The fourth-order valence-electron chi connectivity index (χ4n) is 12.1. The zero-order chi connectivity index (χ0) is 57.1. The van der Waals surface area contributed by atoms with E-state index in [0.717, 1.165) is 68.6 Å². The zero-order valence-electron chi connectivity index (χ0n) is 46.2. The Hall–Kier alpha value is -10.1. The number of hydrogen-bond acceptors (Lipinski definition) is 10. The van der Waals surface area contributed by atoms with Gasteiger partial charge in [-0.25, -0.2) is 19.9 Å². The first-order valence-corrected chi connectivity index (χ1v) is 28.1. The molecule has 1 N–H and O–H groups in total. The molecule has 0 bridgehead atoms. The van der Waals surface area contributed by atoms with E-state index in [0.29, 0.717) is 34.9 Å². The van der Waals surface area contributed by atoms with Crippen molar-refractivity contribution in [1.29, 1.82) is 0 Å². The minimum absolute atomic E-state index is 0. The van der Waals surface area contributed by atoms with E-state index >= 15 is 0 Å². The molecule has 12 heteroatoms. The number of aromatic nitrogens is 6. The molecule has 1 radical (unpaired) electrons. The van der Waals surface area contributed by atoms with Gasteiger partial charge in [0.1, 0.15) is 28.1 Å². The van der Waals surface area contributed by atoms with Crippen molar-refractivity contribution in [3.8, 4) is 84.9 Å². The number of fused-ring (bicyclic) bond motifs is 14. The van der Waals surface area contributed by atoms with Gasteiger partial charge in [-0.2, -0.15) is 9.97 Å². The van der Waals surface area contributed by atoms with Crippen LogP contribution in [-0.2, 0) is 10.8 Å². The highest BCUT2D eigenvalue weighted by Gasteiger charge is 2.39. The first-order valence-electron chi connectivity index (χ1n) is 27.7. The molecule has 0 amide bonds. The number of furan rings is 2. The maximum atomic E-state index is 8.94. The van der Waals surface area contributed by atoms with Crippen LogP contribution in [0.1, 0.15) is 57.4 Å². The SMILES string of the molecule is C.CC1(C)c2cc(-c3nc(-c4ccccc4)nc(-c4ccccc4)n3)ccc2-c2c1ccc1oc3ccccc3c21.CC1(C)c2cc(O[B]O)ccc2-c2c1ccc1oc3ccccc3c21.Clc1nc(-c2ccccc2)nc(-c2ccccc2)n1. The molecule has 0 aliphatic heterocycles. The summed E-state index contributed by atoms with van der Waals surface area (Å²) in [6, 6.07) is 77.3. The molecular formula is C73H55BClN6O4. The predicted octanol–water partition coefficient (Wildman–Crippen LogP) is 18.4. The molecule has 85 heavy (non-hydrogen) atoms. The number of benzene rings is 10. The smallest absolute Gasteiger partial charge is 0.537 e. The van der Waals surface area contributed by atoms with Crippen molar-refractivity contribution in [2.24, 2.45) is 0 Å². The van der Waals surface area contributed by atoms with Gasteiger partial charge in [-0.3, -0.25) is 0 Å². The molecule has 411 valence electrons. The Labute approximate surface area is 497 Å². The maximum absolute atomic E-state index is 8.94. The summed E-state index contributed by atoms with van der Waals surface area (Å²) in [6.07, 6.45) is 0. The summed E-state index contributed by atoms with van der Waals surface area (Å²) >= 11 is 5.99. The third-order valence-electron chi connectivity index (χ3n) is 16.1. The minimum Gasteiger partial charge on any atom is -0.537 e. The van der Waals surface area contributed by atoms with E-state index in [2.05, 4.69) is 109 Å². The van der Waals surface area contributed by atoms with Crippen LogP contribution >= 0.6 is 11.6 Å². The second-order valence-electron chi connectivity index (χ2n) is 21.9. The third kappa shape index (κ3) is 9.67. The van der Waals surface area contributed by atoms with Crippen LogP contribution in [-0.4, -0.2) is 42.6 Å². The highest BCUT2D eigenvalue weighted by atomic mass is 35.5. The summed E-state index contributed by atoms with van der Waals surface area (Å²) in [5.41, 5.74) is 18.1. The van der Waals surface area contributed by atoms with Gasteiger partial charge >= 0.3 is 7.69 Å². The van der Waals surface area contributed by atoms with Gasteiger partial charge in [-0.1, -0.05) is 223 Å². The van der Waals surface area contributed by atoms with Crippen LogP contribution in [0.2, 0.25) is 5.28 Å². The summed E-state index contributed by atoms with van der Waals surface area (Å²) in [5.74, 6) is 3.80. The monoisotopic (exact) mass is 1130 g/mol. The number of hydrogen-bond donors (Lipinski definition) is 1. The van der Waals surface area contributed by atoms with Crippen molar-refractivity contribution in [3.63, 3.8) is 0 Å². The first-order chi connectivity index (χ1) is 41.0. The van der Waals surface area contributed by atoms with Crippen molar-refractivity contribution in [3.05, 3.63) is 258 Å². The lowest BCUT2D eigenvalue weighted by Crippen LogP contribution is -2.15. The van der Waals surface area contributed by atoms with Crippen LogP contribution in [0.15, 0.2) is 239 Å². The predicted molar refractivity (Wildman–Crippen MR) is 343 cm³/mol. The van der Waals surface area contributed by atoms with Crippen molar-refractivity contribution < 1.29 is 18.5 Å². The molecule has 0 fully saturated rings. The maximum Gasteiger partial charge on any atom is 0.569 e. The second kappa shape index (κ2) is 21.9. The van der Waals surface area contributed by atoms with Gasteiger partial charge in [0, 0.05) is 60.2 Å². The lowest BCUT2D eigenvalue weighted by Gasteiger charge is -2.22. The lowest BCUT2D eigenvalue weighted by molar-refractivity contribution is 0.453. The van der Waals surface area contributed by atoms with Gasteiger partial charge in [0.15, 0.2) is 29.1 Å². The molecule has 0 atom stereocenters. The molecule has 10 aromatic carbocycles. The van der Waals surface area contributed by atoms with Gasteiger partial charge in [-0.05, 0) is 98.6 Å². The Bertz CT molecular complexity index is 4710. The van der Waals surface area contributed by atoms with Gasteiger partial charge in [-0.15, -0.1) is 0 Å². The van der Waals surface area contributed by atoms with E-state index in [1.54, 1.807) is 0 Å². The van der Waals surface area contributed by atoms with E-state index in [1.807, 2.05) is 164 Å². The van der Waals surface area contributed by atoms with Crippen LogP contribution < -0.4 is 4.65 Å².